The van der Waals surface area contributed by atoms with E-state index in [1.54, 1.807) is 0 Å². The number of nitrogens with zero attached hydrogens (tertiary/aromatic N) is 3. The van der Waals surface area contributed by atoms with E-state index in [-0.39, 0.29) is 0 Å². The van der Waals surface area contributed by atoms with Gasteiger partial charge in [0, 0.05) is 25.7 Å². The van der Waals surface area contributed by atoms with Gasteiger partial charge in [-0.25, -0.2) is 0 Å². The Bertz CT molecular complexity index is 430. The maximum Gasteiger partial charge on any atom is 0.0860 e. The van der Waals surface area contributed by atoms with E-state index >= 15 is 0 Å². The molecule has 2 heterocycles. The minimum atomic E-state index is 0.625. The van der Waals surface area contributed by atoms with Gasteiger partial charge in [-0.15, -0.1) is 0 Å². The molecule has 4 nitrogen and oxygen atoms in total. The first-order chi connectivity index (χ1) is 9.67. The van der Waals surface area contributed by atoms with Crippen LogP contribution in [0.2, 0.25) is 5.02 Å². The van der Waals surface area contributed by atoms with Gasteiger partial charge in [0.2, 0.25) is 0 Å². The van der Waals surface area contributed by atoms with Crippen LogP contribution in [0.25, 0.3) is 0 Å². The van der Waals surface area contributed by atoms with Gasteiger partial charge in [-0.3, -0.25) is 9.58 Å². The molecule has 0 saturated carbocycles. The second-order valence-electron chi connectivity index (χ2n) is 5.59. The molecule has 5 heteroatoms. The Balaban J connectivity index is 2.10. The molecule has 1 unspecified atom stereocenters. The third-order valence-corrected chi connectivity index (χ3v) is 4.68. The highest BCUT2D eigenvalue weighted by Gasteiger charge is 2.24. The van der Waals surface area contributed by atoms with Crippen molar-refractivity contribution in [1.82, 2.24) is 20.0 Å². The molecule has 0 radical (unpaired) electrons. The fraction of sp³-hybridized carbons (Fsp3) is 0.800. The van der Waals surface area contributed by atoms with Crippen LogP contribution in [-0.4, -0.2) is 40.4 Å². The molecule has 20 heavy (non-hydrogen) atoms. The summed E-state index contributed by atoms with van der Waals surface area (Å²) in [5.74, 6) is 0. The van der Waals surface area contributed by atoms with E-state index in [1.807, 2.05) is 6.92 Å². The minimum absolute atomic E-state index is 0.625. The van der Waals surface area contributed by atoms with Crippen molar-refractivity contribution in [2.45, 2.75) is 59.2 Å². The van der Waals surface area contributed by atoms with Crippen LogP contribution in [0.15, 0.2) is 0 Å². The Morgan fingerprint density at radius 2 is 2.15 bits per heavy atom. The Labute approximate surface area is 127 Å². The lowest BCUT2D eigenvalue weighted by Crippen LogP contribution is -2.45. The quantitative estimate of drug-likeness (QED) is 0.877. The van der Waals surface area contributed by atoms with Crippen molar-refractivity contribution in [3.63, 3.8) is 0 Å². The molecule has 0 aromatic carbocycles. The predicted molar refractivity (Wildman–Crippen MR) is 84.2 cm³/mol. The summed E-state index contributed by atoms with van der Waals surface area (Å²) in [6, 6.07) is 0.625. The zero-order valence-corrected chi connectivity index (χ0v) is 13.7. The summed E-state index contributed by atoms with van der Waals surface area (Å²) in [7, 11) is 0. The molecule has 1 aliphatic heterocycles. The maximum atomic E-state index is 6.44. The number of aromatic nitrogens is 2. The summed E-state index contributed by atoms with van der Waals surface area (Å²) >= 11 is 6.44. The highest BCUT2D eigenvalue weighted by Crippen LogP contribution is 2.25. The van der Waals surface area contributed by atoms with Crippen LogP contribution in [0.1, 0.15) is 44.5 Å². The van der Waals surface area contributed by atoms with Crippen molar-refractivity contribution < 1.29 is 0 Å². The maximum absolute atomic E-state index is 6.44. The van der Waals surface area contributed by atoms with Crippen molar-refractivity contribution in [3.05, 3.63) is 16.4 Å². The Hall–Kier alpha value is -0.580. The van der Waals surface area contributed by atoms with E-state index in [1.165, 1.54) is 31.5 Å². The molecule has 1 saturated heterocycles. The first-order valence-electron chi connectivity index (χ1n) is 7.83. The van der Waals surface area contributed by atoms with Crippen molar-refractivity contribution in [2.75, 3.05) is 19.6 Å². The molecule has 2 rings (SSSR count). The van der Waals surface area contributed by atoms with Gasteiger partial charge < -0.3 is 5.32 Å². The molecule has 1 atom stereocenters. The van der Waals surface area contributed by atoms with Gasteiger partial charge in [0.15, 0.2) is 0 Å². The number of likely N-dealkylation sites (tertiary alicyclic amines) is 1. The standard InChI is InChI=1S/C15H27ClN4/c1-4-17-10-13-8-6-7-9-19(13)11-14-15(16)12(3)18-20(14)5-2/h13,17H,4-11H2,1-3H3. The van der Waals surface area contributed by atoms with Crippen LogP contribution >= 0.6 is 11.6 Å². The number of hydrogen-bond donors (Lipinski definition) is 1. The predicted octanol–water partition coefficient (Wildman–Crippen LogP) is 2.83. The largest absolute Gasteiger partial charge is 0.315 e. The van der Waals surface area contributed by atoms with Crippen molar-refractivity contribution in [2.24, 2.45) is 0 Å². The second-order valence-corrected chi connectivity index (χ2v) is 5.97. The summed E-state index contributed by atoms with van der Waals surface area (Å²) in [6.45, 7) is 11.4. The third-order valence-electron chi connectivity index (χ3n) is 4.18. The van der Waals surface area contributed by atoms with E-state index in [0.717, 1.165) is 36.9 Å². The van der Waals surface area contributed by atoms with Crippen molar-refractivity contribution in [1.29, 1.82) is 0 Å². The van der Waals surface area contributed by atoms with Gasteiger partial charge in [-0.2, -0.15) is 5.10 Å². The molecule has 1 aromatic rings. The SMILES string of the molecule is CCNCC1CCCCN1Cc1c(Cl)c(C)nn1CC. The van der Waals surface area contributed by atoms with Crippen molar-refractivity contribution >= 4 is 11.6 Å². The number of halogens is 1. The molecule has 0 spiro atoms. The summed E-state index contributed by atoms with van der Waals surface area (Å²) in [5, 5.41) is 8.86. The number of rotatable bonds is 6. The average molecular weight is 299 g/mol. The van der Waals surface area contributed by atoms with E-state index in [4.69, 9.17) is 11.6 Å². The van der Waals surface area contributed by atoms with E-state index in [9.17, 15) is 0 Å². The van der Waals surface area contributed by atoms with E-state index in [0.29, 0.717) is 6.04 Å². The topological polar surface area (TPSA) is 33.1 Å². The lowest BCUT2D eigenvalue weighted by atomic mass is 10.0. The third kappa shape index (κ3) is 3.54. The molecule has 1 aliphatic rings. The second kappa shape index (κ2) is 7.43. The van der Waals surface area contributed by atoms with Gasteiger partial charge in [0.25, 0.3) is 0 Å². The zero-order valence-electron chi connectivity index (χ0n) is 13.0. The van der Waals surface area contributed by atoms with Gasteiger partial charge in [0.1, 0.15) is 0 Å². The molecule has 1 aromatic heterocycles. The fourth-order valence-electron chi connectivity index (χ4n) is 3.02. The summed E-state index contributed by atoms with van der Waals surface area (Å²) in [4.78, 5) is 2.57. The van der Waals surface area contributed by atoms with Gasteiger partial charge in [0.05, 0.1) is 16.4 Å². The van der Waals surface area contributed by atoms with Crippen molar-refractivity contribution in [3.8, 4) is 0 Å². The van der Waals surface area contributed by atoms with Crippen LogP contribution in [0.3, 0.4) is 0 Å². The molecule has 1 fully saturated rings. The number of likely N-dealkylation sites (N-methyl/N-ethyl adjacent to an activating group) is 1. The average Bonchev–Trinajstić information content (AvgIpc) is 2.74. The molecule has 1 N–H and O–H groups in total. The highest BCUT2D eigenvalue weighted by molar-refractivity contribution is 6.31. The van der Waals surface area contributed by atoms with Gasteiger partial charge in [-0.05, 0) is 39.8 Å². The Morgan fingerprint density at radius 1 is 1.35 bits per heavy atom. The van der Waals surface area contributed by atoms with Gasteiger partial charge >= 0.3 is 0 Å². The Kier molecular flexibility index (Phi) is 5.87. The molecule has 114 valence electrons. The molecular formula is C15H27ClN4. The minimum Gasteiger partial charge on any atom is -0.315 e. The number of hydrogen-bond acceptors (Lipinski definition) is 3. The molecule has 0 amide bonds. The normalized spacial score (nSPS) is 20.5. The first-order valence-corrected chi connectivity index (χ1v) is 8.21. The lowest BCUT2D eigenvalue weighted by molar-refractivity contribution is 0.134. The summed E-state index contributed by atoms with van der Waals surface area (Å²) in [5.41, 5.74) is 2.12. The smallest absolute Gasteiger partial charge is 0.0860 e. The number of aryl methyl sites for hydroxylation is 2. The van der Waals surface area contributed by atoms with Crippen LogP contribution in [-0.2, 0) is 13.1 Å². The molecule has 0 aliphatic carbocycles. The first kappa shape index (κ1) is 15.8. The lowest BCUT2D eigenvalue weighted by Gasteiger charge is -2.36. The van der Waals surface area contributed by atoms with Crippen LogP contribution in [0.5, 0.6) is 0 Å². The van der Waals surface area contributed by atoms with E-state index in [2.05, 4.69) is 33.8 Å². The van der Waals surface area contributed by atoms with Crippen LogP contribution in [0.4, 0.5) is 0 Å². The summed E-state index contributed by atoms with van der Waals surface area (Å²) < 4.78 is 2.05. The van der Waals surface area contributed by atoms with Gasteiger partial charge in [-0.1, -0.05) is 24.9 Å². The molecule has 0 bridgehead atoms. The number of piperidine rings is 1. The van der Waals surface area contributed by atoms with E-state index < -0.39 is 0 Å². The molecular weight excluding hydrogens is 272 g/mol. The monoisotopic (exact) mass is 298 g/mol. The number of nitrogens with one attached hydrogen (secondary N) is 1. The van der Waals surface area contributed by atoms with Crippen LogP contribution in [0, 0.1) is 6.92 Å². The summed E-state index contributed by atoms with van der Waals surface area (Å²) in [6.07, 6.45) is 3.91. The Morgan fingerprint density at radius 3 is 2.85 bits per heavy atom. The highest BCUT2D eigenvalue weighted by atomic mass is 35.5. The zero-order chi connectivity index (χ0) is 14.5. The fourth-order valence-corrected chi connectivity index (χ4v) is 3.22. The van der Waals surface area contributed by atoms with Crippen LogP contribution < -0.4 is 5.32 Å².